The van der Waals surface area contributed by atoms with Crippen molar-refractivity contribution in [2.24, 2.45) is 0 Å². The molecule has 0 aliphatic heterocycles. The molecule has 0 fully saturated rings. The molecule has 0 bridgehead atoms. The Labute approximate surface area is 105 Å². The summed E-state index contributed by atoms with van der Waals surface area (Å²) < 4.78 is 13.5. The number of nitrogens with zero attached hydrogens (tertiary/aromatic N) is 1. The molecule has 1 aromatic heterocycles. The van der Waals surface area contributed by atoms with Crippen LogP contribution in [0.3, 0.4) is 0 Å². The quantitative estimate of drug-likeness (QED) is 0.840. The van der Waals surface area contributed by atoms with Crippen molar-refractivity contribution < 1.29 is 14.3 Å². The van der Waals surface area contributed by atoms with Crippen molar-refractivity contribution in [3.63, 3.8) is 0 Å². The van der Waals surface area contributed by atoms with Crippen molar-refractivity contribution in [3.8, 4) is 0 Å². The highest BCUT2D eigenvalue weighted by atomic mass is 19.1. The largest absolute Gasteiger partial charge is 0.477 e. The molecule has 1 aromatic carbocycles. The second-order valence-electron chi connectivity index (χ2n) is 3.83. The summed E-state index contributed by atoms with van der Waals surface area (Å²) in [6, 6.07) is 5.20. The van der Waals surface area contributed by atoms with Crippen LogP contribution in [0.2, 0.25) is 0 Å². The smallest absolute Gasteiger partial charge is 0.342 e. The number of halogens is 1. The molecule has 7 heteroatoms. The third-order valence-corrected chi connectivity index (χ3v) is 2.55. The van der Waals surface area contributed by atoms with Gasteiger partial charge in [-0.05, 0) is 17.7 Å². The molecule has 0 amide bonds. The maximum Gasteiger partial charge on any atom is 0.342 e. The highest BCUT2D eigenvalue weighted by Crippen LogP contribution is 2.03. The molecule has 2 aromatic rings. The molecule has 0 atom stereocenters. The maximum absolute atomic E-state index is 12.7. The van der Waals surface area contributed by atoms with Crippen LogP contribution in [0.1, 0.15) is 15.9 Å². The molecular formula is C12H9FN2O4. The predicted octanol–water partition coefficient (Wildman–Crippen LogP) is 0.422. The molecule has 0 aliphatic rings. The average molecular weight is 264 g/mol. The summed E-state index contributed by atoms with van der Waals surface area (Å²) in [6.45, 7) is -0.129. The van der Waals surface area contributed by atoms with Crippen LogP contribution in [0, 0.1) is 5.82 Å². The zero-order valence-corrected chi connectivity index (χ0v) is 9.59. The lowest BCUT2D eigenvalue weighted by Crippen LogP contribution is -2.38. The minimum atomic E-state index is -1.42. The molecular weight excluding hydrogens is 255 g/mol. The van der Waals surface area contributed by atoms with E-state index in [0.717, 1.165) is 10.8 Å². The van der Waals surface area contributed by atoms with Gasteiger partial charge < -0.3 is 10.1 Å². The number of nitrogens with one attached hydrogen (secondary N) is 1. The molecule has 2 N–H and O–H groups in total. The van der Waals surface area contributed by atoms with E-state index in [9.17, 15) is 18.8 Å². The highest BCUT2D eigenvalue weighted by molar-refractivity contribution is 5.86. The van der Waals surface area contributed by atoms with Crippen LogP contribution >= 0.6 is 0 Å². The molecule has 6 nitrogen and oxygen atoms in total. The molecule has 0 saturated heterocycles. The number of carbonyl (C=O) groups is 1. The fourth-order valence-corrected chi connectivity index (χ4v) is 1.58. The van der Waals surface area contributed by atoms with Crippen molar-refractivity contribution >= 4 is 5.97 Å². The fourth-order valence-electron chi connectivity index (χ4n) is 1.58. The Morgan fingerprint density at radius 3 is 2.47 bits per heavy atom. The summed E-state index contributed by atoms with van der Waals surface area (Å²) in [5, 5.41) is 8.80. The topological polar surface area (TPSA) is 92.2 Å². The van der Waals surface area contributed by atoms with E-state index in [1.807, 2.05) is 0 Å². The van der Waals surface area contributed by atoms with Gasteiger partial charge in [0.1, 0.15) is 11.4 Å². The Hall–Kier alpha value is -2.70. The normalized spacial score (nSPS) is 10.4. The van der Waals surface area contributed by atoms with Crippen LogP contribution in [0.15, 0.2) is 40.1 Å². The van der Waals surface area contributed by atoms with E-state index >= 15 is 0 Å². The molecule has 1 heterocycles. The van der Waals surface area contributed by atoms with E-state index in [1.165, 1.54) is 24.3 Å². The maximum atomic E-state index is 12.7. The molecule has 0 saturated carbocycles. The number of rotatable bonds is 3. The Morgan fingerprint density at radius 1 is 1.26 bits per heavy atom. The summed E-state index contributed by atoms with van der Waals surface area (Å²) in [7, 11) is 0. The predicted molar refractivity (Wildman–Crippen MR) is 63.8 cm³/mol. The van der Waals surface area contributed by atoms with E-state index < -0.39 is 28.6 Å². The summed E-state index contributed by atoms with van der Waals surface area (Å²) in [4.78, 5) is 36.3. The molecule has 98 valence electrons. The number of hydrogen-bond acceptors (Lipinski definition) is 3. The lowest BCUT2D eigenvalue weighted by molar-refractivity contribution is 0.0693. The number of carboxylic acid groups (broad SMARTS) is 1. The van der Waals surface area contributed by atoms with Crippen LogP contribution in [0.5, 0.6) is 0 Å². The van der Waals surface area contributed by atoms with Crippen molar-refractivity contribution in [1.82, 2.24) is 9.55 Å². The van der Waals surface area contributed by atoms with Crippen LogP contribution in [-0.4, -0.2) is 20.6 Å². The monoisotopic (exact) mass is 264 g/mol. The zero-order chi connectivity index (χ0) is 14.0. The van der Waals surface area contributed by atoms with Gasteiger partial charge in [-0.2, -0.15) is 0 Å². The van der Waals surface area contributed by atoms with Gasteiger partial charge in [0.25, 0.3) is 5.56 Å². The van der Waals surface area contributed by atoms with Crippen LogP contribution in [-0.2, 0) is 6.54 Å². The number of aromatic carboxylic acids is 1. The average Bonchev–Trinajstić information content (AvgIpc) is 2.36. The molecule has 0 aliphatic carbocycles. The van der Waals surface area contributed by atoms with Gasteiger partial charge in [0, 0.05) is 6.20 Å². The van der Waals surface area contributed by atoms with Gasteiger partial charge in [0.2, 0.25) is 0 Å². The first-order chi connectivity index (χ1) is 8.99. The third kappa shape index (κ3) is 2.59. The number of hydrogen-bond donors (Lipinski definition) is 2. The van der Waals surface area contributed by atoms with Gasteiger partial charge in [0.05, 0.1) is 6.54 Å². The molecule has 2 rings (SSSR count). The van der Waals surface area contributed by atoms with Gasteiger partial charge in [-0.15, -0.1) is 0 Å². The van der Waals surface area contributed by atoms with Gasteiger partial charge >= 0.3 is 11.7 Å². The van der Waals surface area contributed by atoms with Gasteiger partial charge in [-0.3, -0.25) is 9.36 Å². The van der Waals surface area contributed by atoms with E-state index in [4.69, 9.17) is 5.11 Å². The molecule has 0 radical (unpaired) electrons. The number of H-pyrrole nitrogens is 1. The van der Waals surface area contributed by atoms with Crippen molar-refractivity contribution in [2.75, 3.05) is 0 Å². The Kier molecular flexibility index (Phi) is 3.28. The lowest BCUT2D eigenvalue weighted by atomic mass is 10.2. The minimum Gasteiger partial charge on any atom is -0.477 e. The lowest BCUT2D eigenvalue weighted by Gasteiger charge is -2.05. The van der Waals surface area contributed by atoms with E-state index in [0.29, 0.717) is 5.56 Å². The summed E-state index contributed by atoms with van der Waals surface area (Å²) in [6.07, 6.45) is 0.855. The van der Waals surface area contributed by atoms with Crippen molar-refractivity contribution in [2.45, 2.75) is 6.54 Å². The fraction of sp³-hybridized carbons (Fsp3) is 0.0833. The summed E-state index contributed by atoms with van der Waals surface area (Å²) >= 11 is 0. The van der Waals surface area contributed by atoms with Crippen LogP contribution in [0.25, 0.3) is 0 Å². The molecule has 0 spiro atoms. The number of benzene rings is 1. The Morgan fingerprint density at radius 2 is 1.89 bits per heavy atom. The summed E-state index contributed by atoms with van der Waals surface area (Å²) in [5.74, 6) is -1.86. The number of aromatic amines is 1. The zero-order valence-electron chi connectivity index (χ0n) is 9.59. The van der Waals surface area contributed by atoms with E-state index in [-0.39, 0.29) is 6.54 Å². The van der Waals surface area contributed by atoms with Gasteiger partial charge in [-0.25, -0.2) is 14.0 Å². The number of carboxylic acids is 1. The Bertz CT molecular complexity index is 731. The van der Waals surface area contributed by atoms with Gasteiger partial charge in [-0.1, -0.05) is 12.1 Å². The van der Waals surface area contributed by atoms with Crippen molar-refractivity contribution in [3.05, 3.63) is 68.2 Å². The van der Waals surface area contributed by atoms with Crippen LogP contribution in [0.4, 0.5) is 4.39 Å². The second kappa shape index (κ2) is 4.89. The minimum absolute atomic E-state index is 0.129. The summed E-state index contributed by atoms with van der Waals surface area (Å²) in [5.41, 5.74) is -1.64. The Balaban J connectivity index is 2.48. The molecule has 0 unspecified atom stereocenters. The third-order valence-electron chi connectivity index (χ3n) is 2.55. The SMILES string of the molecule is O=C(O)c1c[nH]c(=O)n(Cc2ccc(F)cc2)c1=O. The van der Waals surface area contributed by atoms with E-state index in [1.54, 1.807) is 0 Å². The first kappa shape index (κ1) is 12.7. The first-order valence-electron chi connectivity index (χ1n) is 5.29. The molecule has 19 heavy (non-hydrogen) atoms. The first-order valence-corrected chi connectivity index (χ1v) is 5.29. The van der Waals surface area contributed by atoms with E-state index in [2.05, 4.69) is 4.98 Å². The van der Waals surface area contributed by atoms with Crippen molar-refractivity contribution in [1.29, 1.82) is 0 Å². The van der Waals surface area contributed by atoms with Crippen LogP contribution < -0.4 is 11.2 Å². The standard InChI is InChI=1S/C12H9FN2O4/c13-8-3-1-7(2-4-8)6-15-10(16)9(11(17)18)5-14-12(15)19/h1-5H,6H2,(H,14,19)(H,17,18). The van der Waals surface area contributed by atoms with Gasteiger partial charge in [0.15, 0.2) is 0 Å². The highest BCUT2D eigenvalue weighted by Gasteiger charge is 2.13. The number of aromatic nitrogens is 2. The second-order valence-corrected chi connectivity index (χ2v) is 3.83.